The Bertz CT molecular complexity index is 1640. The average Bonchev–Trinajstić information content (AvgIpc) is 3.25. The number of carbonyl (C=O) groups excluding carboxylic acids is 2. The maximum atomic E-state index is 13.8. The fourth-order valence-electron chi connectivity index (χ4n) is 4.26. The van der Waals surface area contributed by atoms with Gasteiger partial charge < -0.3 is 23.7 Å². The van der Waals surface area contributed by atoms with Crippen LogP contribution in [0, 0.1) is 0 Å². The third-order valence-corrected chi connectivity index (χ3v) is 6.82. The van der Waals surface area contributed by atoms with Crippen LogP contribution in [-0.4, -0.2) is 43.4 Å². The molecule has 0 N–H and O–H groups in total. The van der Waals surface area contributed by atoms with E-state index < -0.39 is 18.0 Å². The number of thiazole rings is 1. The van der Waals surface area contributed by atoms with Crippen molar-refractivity contribution in [3.8, 4) is 23.0 Å². The predicted octanol–water partition coefficient (Wildman–Crippen LogP) is 3.14. The lowest BCUT2D eigenvalue weighted by molar-refractivity contribution is -0.136. The van der Waals surface area contributed by atoms with Gasteiger partial charge in [0.15, 0.2) is 27.8 Å². The topological polar surface area (TPSA) is 115 Å². The van der Waals surface area contributed by atoms with Crippen molar-refractivity contribution in [1.29, 1.82) is 0 Å². The number of nitrogens with zero attached hydrogens (tertiary/aromatic N) is 2. The van der Waals surface area contributed by atoms with Crippen LogP contribution in [-0.2, 0) is 14.3 Å². The third kappa shape index (κ3) is 5.94. The molecule has 4 rings (SSSR count). The molecule has 0 amide bonds. The molecule has 210 valence electrons. The Kier molecular flexibility index (Phi) is 9.05. The summed E-state index contributed by atoms with van der Waals surface area (Å²) in [7, 11) is 1.28. The van der Waals surface area contributed by atoms with E-state index >= 15 is 0 Å². The molecule has 11 heteroatoms. The summed E-state index contributed by atoms with van der Waals surface area (Å²) >= 11 is 1.19. The first-order valence-corrected chi connectivity index (χ1v) is 13.6. The normalized spacial score (nSPS) is 14.5. The second-order valence-electron chi connectivity index (χ2n) is 8.48. The van der Waals surface area contributed by atoms with Gasteiger partial charge in [-0.25, -0.2) is 9.79 Å². The quantitative estimate of drug-likeness (QED) is 0.272. The lowest BCUT2D eigenvalue weighted by atomic mass is 9.97. The van der Waals surface area contributed by atoms with Gasteiger partial charge in [0.2, 0.25) is 0 Å². The highest BCUT2D eigenvalue weighted by Crippen LogP contribution is 2.35. The molecule has 40 heavy (non-hydrogen) atoms. The van der Waals surface area contributed by atoms with E-state index in [-0.39, 0.29) is 16.9 Å². The summed E-state index contributed by atoms with van der Waals surface area (Å²) in [6.45, 7) is 8.09. The highest BCUT2D eigenvalue weighted by molar-refractivity contribution is 7.07. The van der Waals surface area contributed by atoms with Crippen molar-refractivity contribution in [3.05, 3.63) is 79.0 Å². The molecule has 0 saturated heterocycles. The number of benzene rings is 2. The smallest absolute Gasteiger partial charge is 0.337 e. The van der Waals surface area contributed by atoms with Gasteiger partial charge in [-0.2, -0.15) is 0 Å². The van der Waals surface area contributed by atoms with Crippen molar-refractivity contribution < 1.29 is 33.3 Å². The van der Waals surface area contributed by atoms with E-state index in [1.807, 2.05) is 20.8 Å². The Morgan fingerprint density at radius 1 is 0.950 bits per heavy atom. The lowest BCUT2D eigenvalue weighted by Gasteiger charge is -2.23. The Morgan fingerprint density at radius 3 is 2.25 bits per heavy atom. The van der Waals surface area contributed by atoms with Crippen molar-refractivity contribution in [1.82, 2.24) is 4.57 Å². The highest BCUT2D eigenvalue weighted by Gasteiger charge is 2.31. The predicted molar refractivity (Wildman–Crippen MR) is 149 cm³/mol. The minimum absolute atomic E-state index is 0.206. The number of hydrogen-bond donors (Lipinski definition) is 0. The molecule has 3 aromatic rings. The fraction of sp³-hybridized carbons (Fsp3) is 0.310. The molecule has 0 bridgehead atoms. The van der Waals surface area contributed by atoms with E-state index in [1.165, 1.54) is 36.1 Å². The minimum atomic E-state index is -0.800. The van der Waals surface area contributed by atoms with Crippen LogP contribution in [0.1, 0.15) is 44.9 Å². The number of methoxy groups -OCH3 is 1. The molecule has 1 aliphatic heterocycles. The summed E-state index contributed by atoms with van der Waals surface area (Å²) < 4.78 is 29.2. The van der Waals surface area contributed by atoms with E-state index in [0.29, 0.717) is 57.5 Å². The highest BCUT2D eigenvalue weighted by atomic mass is 32.1. The molecule has 1 aliphatic rings. The van der Waals surface area contributed by atoms with Crippen molar-refractivity contribution in [2.75, 3.05) is 26.9 Å². The van der Waals surface area contributed by atoms with Gasteiger partial charge in [-0.1, -0.05) is 23.5 Å². The molecule has 0 radical (unpaired) electrons. The first-order valence-electron chi connectivity index (χ1n) is 12.7. The zero-order chi connectivity index (χ0) is 28.8. The van der Waals surface area contributed by atoms with Gasteiger partial charge in [0.05, 0.1) is 43.1 Å². The first kappa shape index (κ1) is 28.6. The van der Waals surface area contributed by atoms with Gasteiger partial charge in [-0.05, 0) is 62.2 Å². The minimum Gasteiger partial charge on any atom is -0.490 e. The lowest BCUT2D eigenvalue weighted by Crippen LogP contribution is -2.39. The average molecular weight is 567 g/mol. The summed E-state index contributed by atoms with van der Waals surface area (Å²) in [5.41, 5.74) is 1.16. The Hall–Kier alpha value is -4.38. The van der Waals surface area contributed by atoms with Gasteiger partial charge in [0.1, 0.15) is 0 Å². The van der Waals surface area contributed by atoms with E-state index in [1.54, 1.807) is 42.5 Å². The summed E-state index contributed by atoms with van der Waals surface area (Å²) in [6, 6.07) is 9.54. The number of esters is 2. The van der Waals surface area contributed by atoms with Crippen molar-refractivity contribution in [3.63, 3.8) is 0 Å². The molecule has 2 aromatic carbocycles. The van der Waals surface area contributed by atoms with E-state index in [9.17, 15) is 14.4 Å². The molecule has 0 spiro atoms. The SMILES string of the molecule is CCOc1ccc([C@@H]2C(C(=O)OC)=CN=c3s/c(=C/c4ccc(OC(C)=O)c(OCC)c4)c(=O)n32)cc1OCC. The number of ether oxygens (including phenoxy) is 5. The van der Waals surface area contributed by atoms with Crippen LogP contribution in [0.25, 0.3) is 6.08 Å². The van der Waals surface area contributed by atoms with Crippen LogP contribution in [0.3, 0.4) is 0 Å². The molecule has 10 nitrogen and oxygen atoms in total. The molecular weight excluding hydrogens is 536 g/mol. The van der Waals surface area contributed by atoms with Gasteiger partial charge in [-0.3, -0.25) is 14.2 Å². The number of carbonyl (C=O) groups is 2. The van der Waals surface area contributed by atoms with Crippen molar-refractivity contribution in [2.45, 2.75) is 33.7 Å². The van der Waals surface area contributed by atoms with Crippen molar-refractivity contribution >= 4 is 29.4 Å². The maximum absolute atomic E-state index is 13.8. The zero-order valence-electron chi connectivity index (χ0n) is 22.9. The van der Waals surface area contributed by atoms with Crippen LogP contribution in [0.4, 0.5) is 0 Å². The first-order chi connectivity index (χ1) is 19.3. The second kappa shape index (κ2) is 12.6. The van der Waals surface area contributed by atoms with Crippen LogP contribution in [0.15, 0.2) is 58.0 Å². The number of hydrogen-bond acceptors (Lipinski definition) is 10. The molecule has 2 heterocycles. The van der Waals surface area contributed by atoms with Crippen molar-refractivity contribution in [2.24, 2.45) is 4.99 Å². The monoisotopic (exact) mass is 566 g/mol. The molecule has 1 aromatic heterocycles. The summed E-state index contributed by atoms with van der Waals surface area (Å²) in [4.78, 5) is 42.9. The molecule has 1 atom stereocenters. The summed E-state index contributed by atoms with van der Waals surface area (Å²) in [5.74, 6) is 0.662. The summed E-state index contributed by atoms with van der Waals surface area (Å²) in [5, 5.41) is 0. The molecule has 0 saturated carbocycles. The van der Waals surface area contributed by atoms with E-state index in [4.69, 9.17) is 23.7 Å². The number of aromatic nitrogens is 1. The largest absolute Gasteiger partial charge is 0.490 e. The van der Waals surface area contributed by atoms with Gasteiger partial charge in [0.25, 0.3) is 5.56 Å². The fourth-order valence-corrected chi connectivity index (χ4v) is 5.23. The van der Waals surface area contributed by atoms with Crippen LogP contribution in [0.5, 0.6) is 23.0 Å². The van der Waals surface area contributed by atoms with Crippen LogP contribution >= 0.6 is 11.3 Å². The van der Waals surface area contributed by atoms with E-state index in [2.05, 4.69) is 4.99 Å². The van der Waals surface area contributed by atoms with Gasteiger partial charge in [0, 0.05) is 13.1 Å². The van der Waals surface area contributed by atoms with Gasteiger partial charge in [-0.15, -0.1) is 0 Å². The van der Waals surface area contributed by atoms with Crippen LogP contribution in [0.2, 0.25) is 0 Å². The number of fused-ring (bicyclic) bond motifs is 1. The Labute approximate surface area is 234 Å². The maximum Gasteiger partial charge on any atom is 0.337 e. The second-order valence-corrected chi connectivity index (χ2v) is 9.49. The third-order valence-electron chi connectivity index (χ3n) is 5.83. The van der Waals surface area contributed by atoms with Gasteiger partial charge >= 0.3 is 11.9 Å². The molecular formula is C29H30N2O8S. The molecule has 0 aliphatic carbocycles. The summed E-state index contributed by atoms with van der Waals surface area (Å²) in [6.07, 6.45) is 3.13. The Balaban J connectivity index is 1.86. The zero-order valence-corrected chi connectivity index (χ0v) is 23.7. The standard InChI is InChI=1S/C29H30N2O8S/c1-6-36-21-12-10-19(15-24(21)38-8-3)26-20(28(34)35-5)16-30-29-31(26)27(33)25(40-29)14-18-9-11-22(39-17(4)32)23(13-18)37-7-2/h9-16,26H,6-8H2,1-5H3/b25-14+/t26-/m1/s1. The van der Waals surface area contributed by atoms with E-state index in [0.717, 1.165) is 0 Å². The van der Waals surface area contributed by atoms with Crippen LogP contribution < -0.4 is 33.8 Å². The molecule has 0 fully saturated rings. The molecule has 0 unspecified atom stereocenters. The Morgan fingerprint density at radius 2 is 1.60 bits per heavy atom. The number of rotatable bonds is 10.